The van der Waals surface area contributed by atoms with E-state index in [1.54, 1.807) is 0 Å². The third-order valence-electron chi connectivity index (χ3n) is 1.77. The van der Waals surface area contributed by atoms with Crippen molar-refractivity contribution in [2.24, 2.45) is 0 Å². The van der Waals surface area contributed by atoms with Gasteiger partial charge in [-0.3, -0.25) is 24.6 Å². The maximum absolute atomic E-state index is 11.2. The molecule has 0 bridgehead atoms. The molecule has 0 spiro atoms. The van der Waals surface area contributed by atoms with Crippen LogP contribution in [0.3, 0.4) is 0 Å². The maximum Gasteiger partial charge on any atom is 0.240 e. The lowest BCUT2D eigenvalue weighted by Crippen LogP contribution is -2.53. The van der Waals surface area contributed by atoms with Crippen LogP contribution in [0.2, 0.25) is 0 Å². The lowest BCUT2D eigenvalue weighted by Gasteiger charge is -2.24. The molecule has 15 heavy (non-hydrogen) atoms. The quantitative estimate of drug-likeness (QED) is 0.404. The molecule has 6 heteroatoms. The van der Waals surface area contributed by atoms with Crippen molar-refractivity contribution in [1.29, 1.82) is 0 Å². The van der Waals surface area contributed by atoms with Gasteiger partial charge in [-0.2, -0.15) is 0 Å². The molecule has 6 nitrogen and oxygen atoms in total. The van der Waals surface area contributed by atoms with E-state index < -0.39 is 11.8 Å². The van der Waals surface area contributed by atoms with Gasteiger partial charge in [-0.05, 0) is 0 Å². The van der Waals surface area contributed by atoms with Crippen LogP contribution in [-0.4, -0.2) is 48.8 Å². The first kappa shape index (κ1) is 11.2. The van der Waals surface area contributed by atoms with Crippen molar-refractivity contribution >= 4 is 17.7 Å². The number of hydrogen-bond acceptors (Lipinski definition) is 4. The fourth-order valence-corrected chi connectivity index (χ4v) is 1.22. The van der Waals surface area contributed by atoms with Crippen molar-refractivity contribution < 1.29 is 14.4 Å². The highest BCUT2D eigenvalue weighted by molar-refractivity contribution is 5.99. The minimum atomic E-state index is -0.393. The Morgan fingerprint density at radius 1 is 1.47 bits per heavy atom. The van der Waals surface area contributed by atoms with Gasteiger partial charge in [0.25, 0.3) is 0 Å². The number of piperazine rings is 1. The first-order chi connectivity index (χ1) is 7.11. The zero-order chi connectivity index (χ0) is 11.3. The Morgan fingerprint density at radius 3 is 2.60 bits per heavy atom. The number of carbonyl (C=O) groups is 3. The topological polar surface area (TPSA) is 78.5 Å². The van der Waals surface area contributed by atoms with Crippen molar-refractivity contribution in [3.05, 3.63) is 0 Å². The van der Waals surface area contributed by atoms with E-state index in [1.165, 1.54) is 4.90 Å². The monoisotopic (exact) mass is 209 g/mol. The Bertz CT molecular complexity index is 316. The second-order valence-corrected chi connectivity index (χ2v) is 3.10. The van der Waals surface area contributed by atoms with Crippen molar-refractivity contribution in [1.82, 2.24) is 15.5 Å². The smallest absolute Gasteiger partial charge is 0.240 e. The Hall–Kier alpha value is -1.87. The zero-order valence-electron chi connectivity index (χ0n) is 8.08. The average molecular weight is 209 g/mol. The summed E-state index contributed by atoms with van der Waals surface area (Å²) in [5.41, 5.74) is 0. The van der Waals surface area contributed by atoms with Gasteiger partial charge in [0.15, 0.2) is 0 Å². The zero-order valence-corrected chi connectivity index (χ0v) is 8.08. The van der Waals surface area contributed by atoms with E-state index >= 15 is 0 Å². The highest BCUT2D eigenvalue weighted by atomic mass is 16.2. The molecule has 0 aliphatic carbocycles. The summed E-state index contributed by atoms with van der Waals surface area (Å²) in [5, 5.41) is 4.59. The molecule has 1 saturated heterocycles. The summed E-state index contributed by atoms with van der Waals surface area (Å²) in [5.74, 6) is 1.18. The van der Waals surface area contributed by atoms with Crippen molar-refractivity contribution in [2.75, 3.05) is 26.2 Å². The maximum atomic E-state index is 11.2. The molecular formula is C9H11N3O3. The molecule has 0 saturated carbocycles. The lowest BCUT2D eigenvalue weighted by atomic mass is 10.3. The third kappa shape index (κ3) is 3.79. The fourth-order valence-electron chi connectivity index (χ4n) is 1.22. The third-order valence-corrected chi connectivity index (χ3v) is 1.77. The van der Waals surface area contributed by atoms with Crippen LogP contribution in [0.15, 0.2) is 0 Å². The summed E-state index contributed by atoms with van der Waals surface area (Å²) in [6, 6.07) is 0. The molecule has 80 valence electrons. The van der Waals surface area contributed by atoms with E-state index in [4.69, 9.17) is 6.42 Å². The minimum Gasteiger partial charge on any atom is -0.344 e. The predicted molar refractivity (Wildman–Crippen MR) is 51.4 cm³/mol. The van der Waals surface area contributed by atoms with Crippen LogP contribution < -0.4 is 10.6 Å². The Kier molecular flexibility index (Phi) is 3.83. The Balaban J connectivity index is 2.38. The molecule has 0 unspecified atom stereocenters. The molecule has 2 N–H and O–H groups in total. The van der Waals surface area contributed by atoms with Gasteiger partial charge < -0.3 is 5.32 Å². The lowest BCUT2D eigenvalue weighted by molar-refractivity contribution is -0.136. The van der Waals surface area contributed by atoms with E-state index in [1.807, 2.05) is 0 Å². The number of hydrogen-bond donors (Lipinski definition) is 2. The average Bonchev–Trinajstić information content (AvgIpc) is 2.13. The second-order valence-electron chi connectivity index (χ2n) is 3.10. The number of terminal acetylenes is 1. The molecule has 1 aliphatic heterocycles. The number of rotatable bonds is 3. The van der Waals surface area contributed by atoms with E-state index in [2.05, 4.69) is 16.6 Å². The van der Waals surface area contributed by atoms with E-state index in [9.17, 15) is 14.4 Å². The van der Waals surface area contributed by atoms with Crippen LogP contribution in [0, 0.1) is 12.3 Å². The number of imide groups is 1. The van der Waals surface area contributed by atoms with Crippen LogP contribution in [0.1, 0.15) is 0 Å². The second kappa shape index (κ2) is 5.12. The number of amides is 3. The number of carbonyl (C=O) groups excluding carboxylic acids is 3. The van der Waals surface area contributed by atoms with Crippen LogP contribution in [0.5, 0.6) is 0 Å². The van der Waals surface area contributed by atoms with Crippen LogP contribution in [0.4, 0.5) is 0 Å². The Labute approximate surface area is 87.0 Å². The highest BCUT2D eigenvalue weighted by Crippen LogP contribution is 1.93. The van der Waals surface area contributed by atoms with Gasteiger partial charge >= 0.3 is 0 Å². The molecule has 0 aromatic heterocycles. The SMILES string of the molecule is C#CCNC(=O)CN1CC(=O)NC(=O)C1. The van der Waals surface area contributed by atoms with Gasteiger partial charge in [-0.1, -0.05) is 5.92 Å². The minimum absolute atomic E-state index is 0.000833. The van der Waals surface area contributed by atoms with E-state index in [0.29, 0.717) is 0 Å². The van der Waals surface area contributed by atoms with Gasteiger partial charge in [0, 0.05) is 0 Å². The molecular weight excluding hydrogens is 198 g/mol. The molecule has 0 aromatic rings. The van der Waals surface area contributed by atoms with Crippen LogP contribution in [-0.2, 0) is 14.4 Å². The summed E-state index contributed by atoms with van der Waals surface area (Å²) in [4.78, 5) is 34.5. The van der Waals surface area contributed by atoms with Gasteiger partial charge in [0.2, 0.25) is 17.7 Å². The molecule has 1 aliphatic rings. The van der Waals surface area contributed by atoms with Crippen molar-refractivity contribution in [3.8, 4) is 12.3 Å². The largest absolute Gasteiger partial charge is 0.344 e. The fraction of sp³-hybridized carbons (Fsp3) is 0.444. The van der Waals surface area contributed by atoms with E-state index in [-0.39, 0.29) is 32.1 Å². The summed E-state index contributed by atoms with van der Waals surface area (Å²) in [7, 11) is 0. The van der Waals surface area contributed by atoms with Gasteiger partial charge in [0.05, 0.1) is 26.2 Å². The predicted octanol–water partition coefficient (Wildman–Crippen LogP) is -2.31. The highest BCUT2D eigenvalue weighted by Gasteiger charge is 2.23. The molecule has 0 atom stereocenters. The molecule has 1 heterocycles. The van der Waals surface area contributed by atoms with Crippen molar-refractivity contribution in [3.63, 3.8) is 0 Å². The van der Waals surface area contributed by atoms with Gasteiger partial charge in [-0.25, -0.2) is 0 Å². The van der Waals surface area contributed by atoms with E-state index in [0.717, 1.165) is 0 Å². The van der Waals surface area contributed by atoms with Crippen LogP contribution >= 0.6 is 0 Å². The molecule has 3 amide bonds. The van der Waals surface area contributed by atoms with Gasteiger partial charge in [0.1, 0.15) is 0 Å². The molecule has 1 fully saturated rings. The number of nitrogens with zero attached hydrogens (tertiary/aromatic N) is 1. The molecule has 0 radical (unpaired) electrons. The summed E-state index contributed by atoms with van der Waals surface area (Å²) < 4.78 is 0. The molecule has 1 rings (SSSR count). The van der Waals surface area contributed by atoms with Crippen LogP contribution in [0.25, 0.3) is 0 Å². The number of nitrogens with one attached hydrogen (secondary N) is 2. The summed E-state index contributed by atoms with van der Waals surface area (Å²) >= 11 is 0. The van der Waals surface area contributed by atoms with Gasteiger partial charge in [-0.15, -0.1) is 6.42 Å². The summed E-state index contributed by atoms with van der Waals surface area (Å²) in [6.07, 6.45) is 4.96. The first-order valence-corrected chi connectivity index (χ1v) is 4.37. The van der Waals surface area contributed by atoms with Crippen molar-refractivity contribution in [2.45, 2.75) is 0 Å². The molecule has 0 aromatic carbocycles. The normalized spacial score (nSPS) is 16.7. The Morgan fingerprint density at radius 2 is 2.07 bits per heavy atom. The first-order valence-electron chi connectivity index (χ1n) is 4.37. The summed E-state index contributed by atoms with van der Waals surface area (Å²) in [6.45, 7) is 0.248. The standard InChI is InChI=1S/C9H11N3O3/c1-2-3-10-7(13)4-12-5-8(14)11-9(15)6-12/h1H,3-6H2,(H,10,13)(H,11,14,15).